The second-order valence-electron chi connectivity index (χ2n) is 3.72. The van der Waals surface area contributed by atoms with Gasteiger partial charge in [-0.2, -0.15) is 5.10 Å². The van der Waals surface area contributed by atoms with Crippen molar-refractivity contribution in [2.45, 2.75) is 32.9 Å². The lowest BCUT2D eigenvalue weighted by molar-refractivity contribution is 0.0933. The second-order valence-corrected chi connectivity index (χ2v) is 3.72. The summed E-state index contributed by atoms with van der Waals surface area (Å²) in [6, 6.07) is 1.86. The normalized spacial score (nSPS) is 15.6. The highest BCUT2D eigenvalue weighted by Crippen LogP contribution is 2.18. The number of aromatic nitrogens is 2. The number of carbonyl (C=O) groups is 1. The molecule has 0 aliphatic carbocycles. The fourth-order valence-corrected chi connectivity index (χ4v) is 1.42. The molecule has 1 aromatic rings. The maximum Gasteiger partial charge on any atom is 0.272 e. The topological polar surface area (TPSA) is 56.2 Å². The first-order valence-corrected chi connectivity index (χ1v) is 5.22. The van der Waals surface area contributed by atoms with Gasteiger partial charge >= 0.3 is 0 Å². The molecule has 2 rings (SSSR count). The van der Waals surface area contributed by atoms with Gasteiger partial charge in [0.2, 0.25) is 5.88 Å². The van der Waals surface area contributed by atoms with Crippen LogP contribution in [0.4, 0.5) is 0 Å². The van der Waals surface area contributed by atoms with Gasteiger partial charge in [0.25, 0.3) is 5.91 Å². The zero-order valence-electron chi connectivity index (χ0n) is 8.99. The third-order valence-electron chi connectivity index (χ3n) is 2.52. The van der Waals surface area contributed by atoms with E-state index in [4.69, 9.17) is 4.74 Å². The van der Waals surface area contributed by atoms with Crippen LogP contribution >= 0.6 is 0 Å². The lowest BCUT2D eigenvalue weighted by Crippen LogP contribution is -2.32. The van der Waals surface area contributed by atoms with Gasteiger partial charge in [-0.15, -0.1) is 0 Å². The molecular formula is C10H15N3O2. The van der Waals surface area contributed by atoms with Gasteiger partial charge in [-0.3, -0.25) is 4.79 Å². The monoisotopic (exact) mass is 209 g/mol. The van der Waals surface area contributed by atoms with Crippen LogP contribution in [0.25, 0.3) is 0 Å². The zero-order valence-corrected chi connectivity index (χ0v) is 8.99. The maximum atomic E-state index is 11.7. The third-order valence-corrected chi connectivity index (χ3v) is 2.52. The summed E-state index contributed by atoms with van der Waals surface area (Å²) in [5, 5.41) is 7.02. The summed E-state index contributed by atoms with van der Waals surface area (Å²) in [4.78, 5) is 11.7. The number of fused-ring (bicyclic) bond motifs is 1. The van der Waals surface area contributed by atoms with Gasteiger partial charge in [-0.25, -0.2) is 4.68 Å². The molecule has 1 aliphatic heterocycles. The standard InChI is InChI=1S/C10H15N3O2/c1-3-7(2)11-10(14)8-6-9-13(12-8)4-5-15-9/h6-7H,3-5H2,1-2H3,(H,11,14). The first-order valence-electron chi connectivity index (χ1n) is 5.22. The Bertz CT molecular complexity index is 351. The van der Waals surface area contributed by atoms with Crippen LogP contribution in [-0.4, -0.2) is 28.3 Å². The Morgan fingerprint density at radius 3 is 3.27 bits per heavy atom. The molecule has 15 heavy (non-hydrogen) atoms. The van der Waals surface area contributed by atoms with Crippen LogP contribution in [-0.2, 0) is 6.54 Å². The van der Waals surface area contributed by atoms with Crippen molar-refractivity contribution >= 4 is 5.91 Å². The van der Waals surface area contributed by atoms with Crippen LogP contribution in [0, 0.1) is 0 Å². The highest BCUT2D eigenvalue weighted by atomic mass is 16.5. The van der Waals surface area contributed by atoms with Gasteiger partial charge in [0.15, 0.2) is 5.69 Å². The molecule has 0 spiro atoms. The van der Waals surface area contributed by atoms with Gasteiger partial charge in [0, 0.05) is 12.1 Å². The quantitative estimate of drug-likeness (QED) is 0.801. The number of amides is 1. The van der Waals surface area contributed by atoms with E-state index in [9.17, 15) is 4.79 Å². The molecule has 5 heteroatoms. The Morgan fingerprint density at radius 2 is 2.60 bits per heavy atom. The van der Waals surface area contributed by atoms with Crippen molar-refractivity contribution in [3.05, 3.63) is 11.8 Å². The lowest BCUT2D eigenvalue weighted by atomic mass is 10.2. The summed E-state index contributed by atoms with van der Waals surface area (Å²) in [5.41, 5.74) is 0.435. The largest absolute Gasteiger partial charge is 0.476 e. The van der Waals surface area contributed by atoms with Crippen LogP contribution in [0.5, 0.6) is 5.88 Å². The Labute approximate surface area is 88.4 Å². The molecule has 1 aromatic heterocycles. The average molecular weight is 209 g/mol. The van der Waals surface area contributed by atoms with E-state index in [0.717, 1.165) is 13.0 Å². The first kappa shape index (κ1) is 10.0. The third kappa shape index (κ3) is 1.95. The summed E-state index contributed by atoms with van der Waals surface area (Å²) in [6.45, 7) is 5.38. The number of ether oxygens (including phenoxy) is 1. The summed E-state index contributed by atoms with van der Waals surface area (Å²) in [6.07, 6.45) is 0.913. The Kier molecular flexibility index (Phi) is 2.62. The van der Waals surface area contributed by atoms with E-state index in [1.807, 2.05) is 13.8 Å². The van der Waals surface area contributed by atoms with Crippen LogP contribution < -0.4 is 10.1 Å². The van der Waals surface area contributed by atoms with Gasteiger partial charge in [-0.05, 0) is 13.3 Å². The fourth-order valence-electron chi connectivity index (χ4n) is 1.42. The molecule has 2 heterocycles. The van der Waals surface area contributed by atoms with Crippen molar-refractivity contribution in [3.63, 3.8) is 0 Å². The van der Waals surface area contributed by atoms with E-state index in [1.54, 1.807) is 10.7 Å². The molecule has 1 atom stereocenters. The fraction of sp³-hybridized carbons (Fsp3) is 0.600. The predicted molar refractivity (Wildman–Crippen MR) is 54.9 cm³/mol. The summed E-state index contributed by atoms with van der Waals surface area (Å²) < 4.78 is 6.99. The van der Waals surface area contributed by atoms with E-state index in [1.165, 1.54) is 0 Å². The number of rotatable bonds is 3. The highest BCUT2D eigenvalue weighted by molar-refractivity contribution is 5.92. The molecule has 5 nitrogen and oxygen atoms in total. The Hall–Kier alpha value is -1.52. The number of hydrogen-bond donors (Lipinski definition) is 1. The van der Waals surface area contributed by atoms with E-state index < -0.39 is 0 Å². The molecule has 82 valence electrons. The Morgan fingerprint density at radius 1 is 1.80 bits per heavy atom. The average Bonchev–Trinajstić information content (AvgIpc) is 2.76. The van der Waals surface area contributed by atoms with Crippen molar-refractivity contribution in [2.75, 3.05) is 6.61 Å². The van der Waals surface area contributed by atoms with E-state index in [-0.39, 0.29) is 11.9 Å². The van der Waals surface area contributed by atoms with E-state index >= 15 is 0 Å². The maximum absolute atomic E-state index is 11.7. The second kappa shape index (κ2) is 3.92. The molecule has 0 saturated carbocycles. The van der Waals surface area contributed by atoms with Crippen molar-refractivity contribution in [1.29, 1.82) is 0 Å². The zero-order chi connectivity index (χ0) is 10.8. The van der Waals surface area contributed by atoms with Crippen molar-refractivity contribution in [1.82, 2.24) is 15.1 Å². The smallest absolute Gasteiger partial charge is 0.272 e. The van der Waals surface area contributed by atoms with E-state index in [0.29, 0.717) is 18.2 Å². The number of nitrogens with zero attached hydrogens (tertiary/aromatic N) is 2. The van der Waals surface area contributed by atoms with Gasteiger partial charge in [0.05, 0.1) is 6.54 Å². The Balaban J connectivity index is 2.06. The predicted octanol–water partition coefficient (Wildman–Crippen LogP) is 0.804. The molecule has 1 unspecified atom stereocenters. The summed E-state index contributed by atoms with van der Waals surface area (Å²) >= 11 is 0. The van der Waals surface area contributed by atoms with Crippen LogP contribution in [0.15, 0.2) is 6.07 Å². The molecule has 0 fully saturated rings. The number of carbonyl (C=O) groups excluding carboxylic acids is 1. The number of hydrogen-bond acceptors (Lipinski definition) is 3. The molecule has 0 saturated heterocycles. The minimum atomic E-state index is -0.130. The molecule has 0 radical (unpaired) electrons. The molecule has 1 amide bonds. The lowest BCUT2D eigenvalue weighted by Gasteiger charge is -2.09. The van der Waals surface area contributed by atoms with Crippen molar-refractivity contribution in [3.8, 4) is 5.88 Å². The van der Waals surface area contributed by atoms with Crippen molar-refractivity contribution in [2.24, 2.45) is 0 Å². The van der Waals surface area contributed by atoms with Gasteiger partial charge < -0.3 is 10.1 Å². The summed E-state index contributed by atoms with van der Waals surface area (Å²) in [5.74, 6) is 0.555. The molecule has 1 aliphatic rings. The molecule has 1 N–H and O–H groups in total. The highest BCUT2D eigenvalue weighted by Gasteiger charge is 2.19. The summed E-state index contributed by atoms with van der Waals surface area (Å²) in [7, 11) is 0. The molecule has 0 bridgehead atoms. The van der Waals surface area contributed by atoms with Crippen LogP contribution in [0.2, 0.25) is 0 Å². The minimum absolute atomic E-state index is 0.130. The molecule has 0 aromatic carbocycles. The number of nitrogens with one attached hydrogen (secondary N) is 1. The minimum Gasteiger partial charge on any atom is -0.476 e. The van der Waals surface area contributed by atoms with Gasteiger partial charge in [-0.1, -0.05) is 6.92 Å². The van der Waals surface area contributed by atoms with E-state index in [2.05, 4.69) is 10.4 Å². The van der Waals surface area contributed by atoms with Crippen LogP contribution in [0.1, 0.15) is 30.8 Å². The van der Waals surface area contributed by atoms with Crippen molar-refractivity contribution < 1.29 is 9.53 Å². The SMILES string of the molecule is CCC(C)NC(=O)c1cc2n(n1)CCO2. The van der Waals surface area contributed by atoms with Gasteiger partial charge in [0.1, 0.15) is 6.61 Å². The van der Waals surface area contributed by atoms with Crippen LogP contribution in [0.3, 0.4) is 0 Å². The molecular weight excluding hydrogens is 194 g/mol. The first-order chi connectivity index (χ1) is 7.20.